The molecular formula is C12H12FNO3S. The van der Waals surface area contributed by atoms with Crippen LogP contribution in [0.2, 0.25) is 0 Å². The Morgan fingerprint density at radius 1 is 1.39 bits per heavy atom. The van der Waals surface area contributed by atoms with Gasteiger partial charge >= 0.3 is 0 Å². The topological polar surface area (TPSA) is 63.6 Å². The molecule has 0 saturated heterocycles. The molecule has 4 nitrogen and oxygen atoms in total. The summed E-state index contributed by atoms with van der Waals surface area (Å²) in [5.41, 5.74) is -0.159. The van der Waals surface area contributed by atoms with E-state index in [4.69, 9.17) is 0 Å². The van der Waals surface area contributed by atoms with Crippen molar-refractivity contribution in [2.24, 2.45) is 4.99 Å². The number of halogens is 1. The first-order chi connectivity index (χ1) is 8.39. The number of isocyanates is 1. The van der Waals surface area contributed by atoms with Crippen LogP contribution in [0.25, 0.3) is 0 Å². The Hall–Kier alpha value is -1.52. The SMILES string of the molecule is CS(=O)(=O)c1cc(C2(N=C=O)CCC2)ccc1F. The van der Waals surface area contributed by atoms with Crippen LogP contribution >= 0.6 is 0 Å². The molecule has 0 radical (unpaired) electrons. The molecule has 6 heteroatoms. The summed E-state index contributed by atoms with van der Waals surface area (Å²) in [6, 6.07) is 3.85. The van der Waals surface area contributed by atoms with Crippen molar-refractivity contribution in [2.75, 3.05) is 6.26 Å². The van der Waals surface area contributed by atoms with Gasteiger partial charge in [-0.1, -0.05) is 6.07 Å². The molecule has 1 aliphatic rings. The minimum absolute atomic E-state index is 0.354. The molecule has 1 saturated carbocycles. The minimum atomic E-state index is -3.63. The van der Waals surface area contributed by atoms with Crippen LogP contribution in [-0.4, -0.2) is 20.8 Å². The van der Waals surface area contributed by atoms with E-state index in [0.717, 1.165) is 18.7 Å². The third-order valence-corrected chi connectivity index (χ3v) is 4.42. The molecule has 0 N–H and O–H groups in total. The van der Waals surface area contributed by atoms with Gasteiger partial charge in [0.15, 0.2) is 9.84 Å². The molecule has 0 spiro atoms. The van der Waals surface area contributed by atoms with Gasteiger partial charge in [0.05, 0.1) is 5.54 Å². The Bertz CT molecular complexity index is 629. The van der Waals surface area contributed by atoms with E-state index in [1.165, 1.54) is 18.2 Å². The van der Waals surface area contributed by atoms with Crippen molar-refractivity contribution in [3.8, 4) is 0 Å². The fourth-order valence-corrected chi connectivity index (χ4v) is 2.90. The van der Waals surface area contributed by atoms with Crippen LogP contribution in [0.1, 0.15) is 24.8 Å². The van der Waals surface area contributed by atoms with Crippen LogP contribution in [-0.2, 0) is 20.2 Å². The maximum atomic E-state index is 13.5. The summed E-state index contributed by atoms with van der Waals surface area (Å²) in [5, 5.41) is 0. The second-order valence-corrected chi connectivity index (χ2v) is 6.49. The zero-order valence-electron chi connectivity index (χ0n) is 9.81. The van der Waals surface area contributed by atoms with Gasteiger partial charge in [-0.3, -0.25) is 0 Å². The summed E-state index contributed by atoms with van der Waals surface area (Å²) in [6.45, 7) is 0. The van der Waals surface area contributed by atoms with Gasteiger partial charge in [0.25, 0.3) is 0 Å². The molecule has 1 aliphatic carbocycles. The van der Waals surface area contributed by atoms with Crippen LogP contribution in [0, 0.1) is 5.82 Å². The molecule has 0 heterocycles. The number of aliphatic imine (C=N–C) groups is 1. The third kappa shape index (κ3) is 2.09. The van der Waals surface area contributed by atoms with Crippen LogP contribution in [0.15, 0.2) is 28.1 Å². The van der Waals surface area contributed by atoms with E-state index in [1.807, 2.05) is 0 Å². The molecule has 0 amide bonds. The predicted octanol–water partition coefficient (Wildman–Crippen LogP) is 1.94. The van der Waals surface area contributed by atoms with E-state index >= 15 is 0 Å². The lowest BCUT2D eigenvalue weighted by atomic mass is 9.72. The maximum absolute atomic E-state index is 13.5. The molecule has 0 bridgehead atoms. The third-order valence-electron chi connectivity index (χ3n) is 3.31. The lowest BCUT2D eigenvalue weighted by Crippen LogP contribution is -2.32. The van der Waals surface area contributed by atoms with Gasteiger partial charge in [-0.05, 0) is 37.0 Å². The van der Waals surface area contributed by atoms with Crippen LogP contribution in [0.3, 0.4) is 0 Å². The Morgan fingerprint density at radius 2 is 2.06 bits per heavy atom. The summed E-state index contributed by atoms with van der Waals surface area (Å²) in [5.74, 6) is -0.786. The highest BCUT2D eigenvalue weighted by atomic mass is 32.2. The normalized spacial score (nSPS) is 17.7. The second-order valence-electron chi connectivity index (χ2n) is 4.51. The van der Waals surface area contributed by atoms with E-state index in [-0.39, 0.29) is 4.90 Å². The first kappa shape index (κ1) is 12.9. The standard InChI is InChI=1S/C12H12FNO3S/c1-18(16,17)11-7-9(3-4-10(11)13)12(14-8-15)5-2-6-12/h3-4,7H,2,5-6H2,1H3. The van der Waals surface area contributed by atoms with Crippen molar-refractivity contribution in [1.82, 2.24) is 0 Å². The fraction of sp³-hybridized carbons (Fsp3) is 0.417. The van der Waals surface area contributed by atoms with E-state index in [9.17, 15) is 17.6 Å². The Kier molecular flexibility index (Phi) is 3.09. The van der Waals surface area contributed by atoms with Gasteiger partial charge in [0, 0.05) is 6.26 Å². The molecule has 0 aromatic heterocycles. The number of benzene rings is 1. The smallest absolute Gasteiger partial charge is 0.224 e. The van der Waals surface area contributed by atoms with E-state index in [2.05, 4.69) is 4.99 Å². The van der Waals surface area contributed by atoms with E-state index in [1.54, 1.807) is 0 Å². The van der Waals surface area contributed by atoms with Gasteiger partial charge in [-0.25, -0.2) is 17.6 Å². The van der Waals surface area contributed by atoms with Crippen molar-refractivity contribution in [3.05, 3.63) is 29.6 Å². The van der Waals surface area contributed by atoms with Crippen molar-refractivity contribution in [2.45, 2.75) is 29.7 Å². The predicted molar refractivity (Wildman–Crippen MR) is 63.2 cm³/mol. The summed E-state index contributed by atoms with van der Waals surface area (Å²) in [6.07, 6.45) is 4.66. The molecule has 96 valence electrons. The lowest BCUT2D eigenvalue weighted by molar-refractivity contribution is 0.255. The van der Waals surface area contributed by atoms with Crippen LogP contribution < -0.4 is 0 Å². The Balaban J connectivity index is 2.57. The van der Waals surface area contributed by atoms with Crippen molar-refractivity contribution in [3.63, 3.8) is 0 Å². The molecule has 1 fully saturated rings. The first-order valence-electron chi connectivity index (χ1n) is 5.48. The molecule has 1 aromatic carbocycles. The van der Waals surface area contributed by atoms with E-state index in [0.29, 0.717) is 18.4 Å². The molecule has 18 heavy (non-hydrogen) atoms. The Labute approximate surface area is 104 Å². The van der Waals surface area contributed by atoms with Crippen molar-refractivity contribution >= 4 is 15.9 Å². The monoisotopic (exact) mass is 269 g/mol. The van der Waals surface area contributed by atoms with Crippen LogP contribution in [0.5, 0.6) is 0 Å². The summed E-state index contributed by atoms with van der Waals surface area (Å²) >= 11 is 0. The lowest BCUT2D eigenvalue weighted by Gasteiger charge is -2.37. The average Bonchev–Trinajstić information content (AvgIpc) is 2.23. The Morgan fingerprint density at radius 3 is 2.50 bits per heavy atom. The number of hydrogen-bond acceptors (Lipinski definition) is 4. The quantitative estimate of drug-likeness (QED) is 0.622. The zero-order valence-corrected chi connectivity index (χ0v) is 10.6. The summed E-state index contributed by atoms with van der Waals surface area (Å²) in [4.78, 5) is 13.9. The highest BCUT2D eigenvalue weighted by Gasteiger charge is 2.39. The zero-order chi connectivity index (χ0) is 13.4. The second kappa shape index (κ2) is 4.30. The fourth-order valence-electron chi connectivity index (χ4n) is 2.14. The first-order valence-corrected chi connectivity index (χ1v) is 7.37. The van der Waals surface area contributed by atoms with E-state index < -0.39 is 21.2 Å². The molecule has 1 aromatic rings. The number of rotatable bonds is 3. The van der Waals surface area contributed by atoms with Gasteiger partial charge < -0.3 is 0 Å². The molecule has 0 aliphatic heterocycles. The average molecular weight is 269 g/mol. The van der Waals surface area contributed by atoms with Gasteiger partial charge in [0.2, 0.25) is 6.08 Å². The number of carbonyl (C=O) groups excluding carboxylic acids is 1. The highest BCUT2D eigenvalue weighted by molar-refractivity contribution is 7.90. The number of sulfone groups is 1. The summed E-state index contributed by atoms with van der Waals surface area (Å²) in [7, 11) is -3.63. The highest BCUT2D eigenvalue weighted by Crippen LogP contribution is 2.45. The number of hydrogen-bond donors (Lipinski definition) is 0. The molecular weight excluding hydrogens is 257 g/mol. The van der Waals surface area contributed by atoms with Gasteiger partial charge in [-0.2, -0.15) is 4.99 Å². The molecule has 0 atom stereocenters. The maximum Gasteiger partial charge on any atom is 0.235 e. The minimum Gasteiger partial charge on any atom is -0.224 e. The van der Waals surface area contributed by atoms with Crippen molar-refractivity contribution < 1.29 is 17.6 Å². The van der Waals surface area contributed by atoms with Crippen LogP contribution in [0.4, 0.5) is 4.39 Å². The van der Waals surface area contributed by atoms with Gasteiger partial charge in [-0.15, -0.1) is 0 Å². The summed E-state index contributed by atoms with van der Waals surface area (Å²) < 4.78 is 36.4. The molecule has 0 unspecified atom stereocenters. The number of nitrogens with zero attached hydrogens (tertiary/aromatic N) is 1. The van der Waals surface area contributed by atoms with Crippen molar-refractivity contribution in [1.29, 1.82) is 0 Å². The molecule has 2 rings (SSSR count). The van der Waals surface area contributed by atoms with Gasteiger partial charge in [0.1, 0.15) is 10.7 Å². The largest absolute Gasteiger partial charge is 0.235 e.